The summed E-state index contributed by atoms with van der Waals surface area (Å²) in [5.41, 5.74) is 7.62. The number of unbranched alkanes of at least 4 members (excludes halogenated alkanes) is 2. The molecule has 0 spiro atoms. The van der Waals surface area contributed by atoms with E-state index in [4.69, 9.17) is 11.0 Å². The molecule has 0 unspecified atom stereocenters. The predicted octanol–water partition coefficient (Wildman–Crippen LogP) is 2.67. The van der Waals surface area contributed by atoms with Crippen LogP contribution in [0.5, 0.6) is 0 Å². The summed E-state index contributed by atoms with van der Waals surface area (Å²) in [6, 6.07) is 7.25. The van der Waals surface area contributed by atoms with Gasteiger partial charge in [0.05, 0.1) is 11.6 Å². The molecule has 0 bridgehead atoms. The molecule has 2 aromatic rings. The van der Waals surface area contributed by atoms with Crippen LogP contribution in [0.2, 0.25) is 0 Å². The van der Waals surface area contributed by atoms with Gasteiger partial charge >= 0.3 is 0 Å². The summed E-state index contributed by atoms with van der Waals surface area (Å²) in [5.74, 6) is -0.723. The van der Waals surface area contributed by atoms with E-state index in [2.05, 4.69) is 16.5 Å². The molecule has 7 heteroatoms. The SMILES string of the molecule is Cc1ccc2c(c1)c(C(=O)N[C@@H](CC(C)C)C(N)=O)nn2CCCCC#N. The molecule has 1 heterocycles. The molecular weight excluding hydrogens is 342 g/mol. The third-order valence-electron chi connectivity index (χ3n) is 4.39. The molecule has 27 heavy (non-hydrogen) atoms. The highest BCUT2D eigenvalue weighted by molar-refractivity contribution is 6.06. The molecule has 0 radical (unpaired) electrons. The van der Waals surface area contributed by atoms with Crippen LogP contribution >= 0.6 is 0 Å². The lowest BCUT2D eigenvalue weighted by molar-refractivity contribution is -0.120. The Bertz CT molecular complexity index is 863. The van der Waals surface area contributed by atoms with E-state index >= 15 is 0 Å². The number of nitrogens with two attached hydrogens (primary N) is 1. The number of hydrogen-bond donors (Lipinski definition) is 2. The topological polar surface area (TPSA) is 114 Å². The number of aryl methyl sites for hydroxylation is 2. The first kappa shape index (κ1) is 20.4. The minimum Gasteiger partial charge on any atom is -0.368 e. The van der Waals surface area contributed by atoms with E-state index in [1.807, 2.05) is 39.0 Å². The molecule has 7 nitrogen and oxygen atoms in total. The number of aromatic nitrogens is 2. The number of carbonyl (C=O) groups is 2. The van der Waals surface area contributed by atoms with Gasteiger partial charge in [0.2, 0.25) is 5.91 Å². The van der Waals surface area contributed by atoms with Crippen LogP contribution in [0.15, 0.2) is 18.2 Å². The first-order chi connectivity index (χ1) is 12.8. The Hall–Kier alpha value is -2.88. The lowest BCUT2D eigenvalue weighted by Crippen LogP contribution is -2.45. The van der Waals surface area contributed by atoms with Crippen molar-refractivity contribution in [3.63, 3.8) is 0 Å². The molecule has 1 atom stereocenters. The van der Waals surface area contributed by atoms with Crippen molar-refractivity contribution in [1.82, 2.24) is 15.1 Å². The maximum Gasteiger partial charge on any atom is 0.273 e. The highest BCUT2D eigenvalue weighted by Gasteiger charge is 2.23. The first-order valence-electron chi connectivity index (χ1n) is 9.27. The van der Waals surface area contributed by atoms with Crippen LogP contribution in [0, 0.1) is 24.2 Å². The summed E-state index contributed by atoms with van der Waals surface area (Å²) in [5, 5.41) is 16.6. The van der Waals surface area contributed by atoms with E-state index in [1.165, 1.54) is 0 Å². The van der Waals surface area contributed by atoms with E-state index in [0.717, 1.165) is 29.3 Å². The lowest BCUT2D eigenvalue weighted by Gasteiger charge is -2.16. The summed E-state index contributed by atoms with van der Waals surface area (Å²) in [6.45, 7) is 6.52. The number of nitrogens with zero attached hydrogens (tertiary/aromatic N) is 3. The normalized spacial score (nSPS) is 12.1. The van der Waals surface area contributed by atoms with Crippen LogP contribution in [0.4, 0.5) is 0 Å². The molecule has 0 fully saturated rings. The minimum absolute atomic E-state index is 0.222. The Morgan fingerprint density at radius 2 is 2.07 bits per heavy atom. The lowest BCUT2D eigenvalue weighted by atomic mass is 10.0. The van der Waals surface area contributed by atoms with Gasteiger partial charge in [-0.3, -0.25) is 14.3 Å². The minimum atomic E-state index is -0.724. The molecule has 144 valence electrons. The van der Waals surface area contributed by atoms with Crippen molar-refractivity contribution in [3.05, 3.63) is 29.5 Å². The quantitative estimate of drug-likeness (QED) is 0.661. The van der Waals surface area contributed by atoms with Gasteiger partial charge in [-0.2, -0.15) is 10.4 Å². The number of carbonyl (C=O) groups excluding carboxylic acids is 2. The maximum atomic E-state index is 12.8. The monoisotopic (exact) mass is 369 g/mol. The fourth-order valence-corrected chi connectivity index (χ4v) is 3.04. The maximum absolute atomic E-state index is 12.8. The molecule has 2 rings (SSSR count). The molecular formula is C20H27N5O2. The van der Waals surface area contributed by atoms with Crippen molar-refractivity contribution in [2.75, 3.05) is 0 Å². The van der Waals surface area contributed by atoms with E-state index < -0.39 is 17.9 Å². The second kappa shape index (κ2) is 9.17. The number of primary amides is 1. The molecule has 0 aliphatic carbocycles. The third-order valence-corrected chi connectivity index (χ3v) is 4.39. The van der Waals surface area contributed by atoms with Gasteiger partial charge in [-0.1, -0.05) is 25.5 Å². The van der Waals surface area contributed by atoms with Gasteiger partial charge in [-0.15, -0.1) is 0 Å². The number of rotatable bonds is 9. The molecule has 3 N–H and O–H groups in total. The van der Waals surface area contributed by atoms with Crippen LogP contribution in [-0.2, 0) is 11.3 Å². The fourth-order valence-electron chi connectivity index (χ4n) is 3.04. The zero-order valence-corrected chi connectivity index (χ0v) is 16.2. The molecule has 2 amide bonds. The largest absolute Gasteiger partial charge is 0.368 e. The summed E-state index contributed by atoms with van der Waals surface area (Å²) in [6.07, 6.45) is 2.56. The summed E-state index contributed by atoms with van der Waals surface area (Å²) < 4.78 is 1.79. The van der Waals surface area contributed by atoms with Crippen molar-refractivity contribution in [2.24, 2.45) is 11.7 Å². The van der Waals surface area contributed by atoms with E-state index in [9.17, 15) is 9.59 Å². The van der Waals surface area contributed by atoms with E-state index in [0.29, 0.717) is 25.1 Å². The highest BCUT2D eigenvalue weighted by Crippen LogP contribution is 2.21. The zero-order valence-electron chi connectivity index (χ0n) is 16.2. The van der Waals surface area contributed by atoms with Gasteiger partial charge in [0, 0.05) is 18.4 Å². The Morgan fingerprint density at radius 3 is 2.70 bits per heavy atom. The highest BCUT2D eigenvalue weighted by atomic mass is 16.2. The Balaban J connectivity index is 2.30. The molecule has 0 aliphatic rings. The van der Waals surface area contributed by atoms with Crippen molar-refractivity contribution in [1.29, 1.82) is 5.26 Å². The first-order valence-corrected chi connectivity index (χ1v) is 9.27. The van der Waals surface area contributed by atoms with Crippen LogP contribution < -0.4 is 11.1 Å². The van der Waals surface area contributed by atoms with Crippen LogP contribution in [-0.4, -0.2) is 27.6 Å². The van der Waals surface area contributed by atoms with E-state index in [-0.39, 0.29) is 5.92 Å². The van der Waals surface area contributed by atoms with Crippen molar-refractivity contribution >= 4 is 22.7 Å². The third kappa shape index (κ3) is 5.30. The fraction of sp³-hybridized carbons (Fsp3) is 0.500. The van der Waals surface area contributed by atoms with Gasteiger partial charge in [-0.05, 0) is 44.2 Å². The Labute approximate surface area is 159 Å². The number of nitrogens with one attached hydrogen (secondary N) is 1. The second-order valence-electron chi connectivity index (χ2n) is 7.27. The average molecular weight is 369 g/mol. The standard InChI is InChI=1S/C20H27N5O2/c1-13(2)11-16(19(22)26)23-20(27)18-15-12-14(3)7-8-17(15)25(24-18)10-6-4-5-9-21/h7-8,12-13,16H,4-6,10-11H2,1-3H3,(H2,22,26)(H,23,27)/t16-/m0/s1. The van der Waals surface area contributed by atoms with Gasteiger partial charge in [0.25, 0.3) is 5.91 Å². The predicted molar refractivity (Wildman–Crippen MR) is 104 cm³/mol. The van der Waals surface area contributed by atoms with Crippen LogP contribution in [0.25, 0.3) is 10.9 Å². The number of nitriles is 1. The smallest absolute Gasteiger partial charge is 0.273 e. The molecule has 1 aromatic heterocycles. The average Bonchev–Trinajstić information content (AvgIpc) is 2.95. The molecule has 0 saturated heterocycles. The zero-order chi connectivity index (χ0) is 20.0. The molecule has 0 saturated carbocycles. The Morgan fingerprint density at radius 1 is 1.33 bits per heavy atom. The summed E-state index contributed by atoms with van der Waals surface area (Å²) in [4.78, 5) is 24.5. The van der Waals surface area contributed by atoms with Crippen molar-refractivity contribution in [3.8, 4) is 6.07 Å². The number of amides is 2. The Kier molecular flexibility index (Phi) is 6.94. The number of benzene rings is 1. The van der Waals surface area contributed by atoms with Crippen LogP contribution in [0.3, 0.4) is 0 Å². The summed E-state index contributed by atoms with van der Waals surface area (Å²) >= 11 is 0. The number of hydrogen-bond acceptors (Lipinski definition) is 4. The molecule has 1 aromatic carbocycles. The number of fused-ring (bicyclic) bond motifs is 1. The van der Waals surface area contributed by atoms with Gasteiger partial charge in [0.15, 0.2) is 5.69 Å². The summed E-state index contributed by atoms with van der Waals surface area (Å²) in [7, 11) is 0. The van der Waals surface area contributed by atoms with Crippen molar-refractivity contribution < 1.29 is 9.59 Å². The van der Waals surface area contributed by atoms with Crippen LogP contribution in [0.1, 0.15) is 55.6 Å². The second-order valence-corrected chi connectivity index (χ2v) is 7.27. The van der Waals surface area contributed by atoms with Gasteiger partial charge in [0.1, 0.15) is 6.04 Å². The van der Waals surface area contributed by atoms with Gasteiger partial charge in [-0.25, -0.2) is 0 Å². The van der Waals surface area contributed by atoms with Gasteiger partial charge < -0.3 is 11.1 Å². The van der Waals surface area contributed by atoms with E-state index in [1.54, 1.807) is 4.68 Å². The van der Waals surface area contributed by atoms with Crippen molar-refractivity contribution in [2.45, 2.75) is 59.0 Å². The molecule has 0 aliphatic heterocycles.